The number of hydrogen-bond acceptors (Lipinski definition) is 4. The molecule has 0 aliphatic rings. The Kier molecular flexibility index (Phi) is 4.78. The Labute approximate surface area is 135 Å². The van der Waals surface area contributed by atoms with Crippen molar-refractivity contribution in [1.29, 1.82) is 0 Å². The number of alkyl halides is 3. The fourth-order valence-corrected chi connectivity index (χ4v) is 2.84. The van der Waals surface area contributed by atoms with Crippen LogP contribution in [0.25, 0.3) is 0 Å². The molecule has 0 atom stereocenters. The van der Waals surface area contributed by atoms with Crippen molar-refractivity contribution < 1.29 is 31.5 Å². The number of halogens is 3. The summed E-state index contributed by atoms with van der Waals surface area (Å²) in [4.78, 5) is 13.6. The molecule has 0 amide bonds. The molecular formula is C14H11F3N2O4S. The molecule has 128 valence electrons. The van der Waals surface area contributed by atoms with Crippen molar-refractivity contribution in [3.8, 4) is 0 Å². The van der Waals surface area contributed by atoms with Gasteiger partial charge in [-0.05, 0) is 29.8 Å². The topological polar surface area (TPSA) is 96.4 Å². The SMILES string of the molecule is O=C(O)Cc1ccc(S(=O)(=O)Nc2ccc(C(F)(F)F)nc2)cc1. The molecule has 0 bridgehead atoms. The van der Waals surface area contributed by atoms with E-state index in [2.05, 4.69) is 9.71 Å². The number of nitrogens with zero attached hydrogens (tertiary/aromatic N) is 1. The maximum Gasteiger partial charge on any atom is 0.433 e. The molecular weight excluding hydrogens is 349 g/mol. The van der Waals surface area contributed by atoms with Gasteiger partial charge in [0.15, 0.2) is 0 Å². The number of anilines is 1. The summed E-state index contributed by atoms with van der Waals surface area (Å²) in [5.74, 6) is -1.06. The summed E-state index contributed by atoms with van der Waals surface area (Å²) in [7, 11) is -4.03. The Hall–Kier alpha value is -2.62. The average Bonchev–Trinajstić information content (AvgIpc) is 2.46. The number of benzene rings is 1. The molecule has 10 heteroatoms. The first kappa shape index (κ1) is 17.7. The fraction of sp³-hybridized carbons (Fsp3) is 0.143. The van der Waals surface area contributed by atoms with Crippen molar-refractivity contribution in [3.05, 3.63) is 53.9 Å². The first-order chi connectivity index (χ1) is 11.1. The van der Waals surface area contributed by atoms with E-state index in [4.69, 9.17) is 5.11 Å². The Bertz CT molecular complexity index is 832. The largest absolute Gasteiger partial charge is 0.481 e. The van der Waals surface area contributed by atoms with Crippen LogP contribution in [0.1, 0.15) is 11.3 Å². The van der Waals surface area contributed by atoms with Gasteiger partial charge in [-0.3, -0.25) is 9.52 Å². The number of aliphatic carboxylic acids is 1. The maximum atomic E-state index is 12.4. The summed E-state index contributed by atoms with van der Waals surface area (Å²) in [6.07, 6.45) is -4.10. The fourth-order valence-electron chi connectivity index (χ4n) is 1.80. The van der Waals surface area contributed by atoms with E-state index in [1.165, 1.54) is 24.3 Å². The van der Waals surface area contributed by atoms with Gasteiger partial charge in [-0.1, -0.05) is 12.1 Å². The number of sulfonamides is 1. The minimum Gasteiger partial charge on any atom is -0.481 e. The van der Waals surface area contributed by atoms with Crippen LogP contribution in [-0.4, -0.2) is 24.5 Å². The van der Waals surface area contributed by atoms with Crippen molar-refractivity contribution in [3.63, 3.8) is 0 Å². The zero-order chi connectivity index (χ0) is 18.0. The van der Waals surface area contributed by atoms with Crippen LogP contribution in [-0.2, 0) is 27.4 Å². The molecule has 0 radical (unpaired) electrons. The quantitative estimate of drug-likeness (QED) is 0.854. The second kappa shape index (κ2) is 6.48. The standard InChI is InChI=1S/C14H11F3N2O4S/c15-14(16,17)12-6-3-10(8-18-12)19-24(22,23)11-4-1-9(2-5-11)7-13(20)21/h1-6,8,19H,7H2,(H,20,21). The summed E-state index contributed by atoms with van der Waals surface area (Å²) in [5.41, 5.74) is -0.848. The molecule has 2 N–H and O–H groups in total. The molecule has 0 spiro atoms. The number of carbonyl (C=O) groups is 1. The predicted octanol–water partition coefficient (Wildman–Crippen LogP) is 2.53. The minimum atomic E-state index is -4.61. The molecule has 6 nitrogen and oxygen atoms in total. The molecule has 0 aliphatic carbocycles. The van der Waals surface area contributed by atoms with Crippen LogP contribution in [0.3, 0.4) is 0 Å². The van der Waals surface area contributed by atoms with E-state index >= 15 is 0 Å². The van der Waals surface area contributed by atoms with Gasteiger partial charge in [0.25, 0.3) is 10.0 Å². The zero-order valence-corrected chi connectivity index (χ0v) is 12.7. The average molecular weight is 360 g/mol. The third-order valence-electron chi connectivity index (χ3n) is 2.90. The van der Waals surface area contributed by atoms with Crippen molar-refractivity contribution in [2.75, 3.05) is 4.72 Å². The van der Waals surface area contributed by atoms with Crippen LogP contribution in [0.5, 0.6) is 0 Å². The van der Waals surface area contributed by atoms with E-state index in [1.807, 2.05) is 0 Å². The predicted molar refractivity (Wildman–Crippen MR) is 77.8 cm³/mol. The highest BCUT2D eigenvalue weighted by molar-refractivity contribution is 7.92. The van der Waals surface area contributed by atoms with E-state index < -0.39 is 27.9 Å². The van der Waals surface area contributed by atoms with Crippen molar-refractivity contribution in [2.24, 2.45) is 0 Å². The molecule has 0 saturated carbocycles. The van der Waals surface area contributed by atoms with Crippen LogP contribution >= 0.6 is 0 Å². The minimum absolute atomic E-state index is 0.127. The molecule has 2 aromatic rings. The van der Waals surface area contributed by atoms with E-state index in [0.717, 1.165) is 12.3 Å². The molecule has 1 aromatic heterocycles. The molecule has 0 aliphatic heterocycles. The zero-order valence-electron chi connectivity index (χ0n) is 11.9. The van der Waals surface area contributed by atoms with E-state index in [0.29, 0.717) is 11.6 Å². The first-order valence-corrected chi connectivity index (χ1v) is 7.93. The highest BCUT2D eigenvalue weighted by Gasteiger charge is 2.32. The van der Waals surface area contributed by atoms with Crippen LogP contribution in [0.2, 0.25) is 0 Å². The highest BCUT2D eigenvalue weighted by Crippen LogP contribution is 2.28. The monoisotopic (exact) mass is 360 g/mol. The lowest BCUT2D eigenvalue weighted by Gasteiger charge is -2.10. The normalized spacial score (nSPS) is 12.0. The van der Waals surface area contributed by atoms with Gasteiger partial charge in [0.1, 0.15) is 5.69 Å². The van der Waals surface area contributed by atoms with Gasteiger partial charge in [0.05, 0.1) is 23.2 Å². The number of carboxylic acids is 1. The van der Waals surface area contributed by atoms with Gasteiger partial charge in [-0.15, -0.1) is 0 Å². The molecule has 0 unspecified atom stereocenters. The van der Waals surface area contributed by atoms with Crippen LogP contribution < -0.4 is 4.72 Å². The summed E-state index contributed by atoms with van der Waals surface area (Å²) >= 11 is 0. The smallest absolute Gasteiger partial charge is 0.433 e. The molecule has 0 fully saturated rings. The third-order valence-corrected chi connectivity index (χ3v) is 4.29. The molecule has 0 saturated heterocycles. The summed E-state index contributed by atoms with van der Waals surface area (Å²) in [6.45, 7) is 0. The van der Waals surface area contributed by atoms with Gasteiger partial charge < -0.3 is 5.11 Å². The lowest BCUT2D eigenvalue weighted by Crippen LogP contribution is -2.14. The van der Waals surface area contributed by atoms with Gasteiger partial charge in [0.2, 0.25) is 0 Å². The molecule has 2 rings (SSSR count). The second-order valence-electron chi connectivity index (χ2n) is 4.75. The van der Waals surface area contributed by atoms with Gasteiger partial charge >= 0.3 is 12.1 Å². The second-order valence-corrected chi connectivity index (χ2v) is 6.43. The van der Waals surface area contributed by atoms with Crippen LogP contribution in [0, 0.1) is 0 Å². The van der Waals surface area contributed by atoms with Crippen LogP contribution in [0.4, 0.5) is 18.9 Å². The Morgan fingerprint density at radius 2 is 1.75 bits per heavy atom. The molecule has 1 aromatic carbocycles. The Morgan fingerprint density at radius 1 is 1.12 bits per heavy atom. The van der Waals surface area contributed by atoms with E-state index in [-0.39, 0.29) is 17.0 Å². The number of carboxylic acid groups (broad SMARTS) is 1. The molecule has 1 heterocycles. The third kappa shape index (κ3) is 4.44. The van der Waals surface area contributed by atoms with E-state index in [9.17, 15) is 26.4 Å². The lowest BCUT2D eigenvalue weighted by molar-refractivity contribution is -0.141. The number of nitrogens with one attached hydrogen (secondary N) is 1. The summed E-state index contributed by atoms with van der Waals surface area (Å²) in [6, 6.07) is 6.71. The van der Waals surface area contributed by atoms with Crippen molar-refractivity contribution in [1.82, 2.24) is 4.98 Å². The number of pyridine rings is 1. The first-order valence-electron chi connectivity index (χ1n) is 6.45. The lowest BCUT2D eigenvalue weighted by atomic mass is 10.2. The number of hydrogen-bond donors (Lipinski definition) is 2. The van der Waals surface area contributed by atoms with E-state index in [1.54, 1.807) is 0 Å². The summed E-state index contributed by atoms with van der Waals surface area (Å²) < 4.78 is 63.6. The van der Waals surface area contributed by atoms with Crippen molar-refractivity contribution >= 4 is 21.7 Å². The van der Waals surface area contributed by atoms with Gasteiger partial charge in [-0.2, -0.15) is 13.2 Å². The van der Waals surface area contributed by atoms with Crippen LogP contribution in [0.15, 0.2) is 47.5 Å². The molecule has 24 heavy (non-hydrogen) atoms. The highest BCUT2D eigenvalue weighted by atomic mass is 32.2. The van der Waals surface area contributed by atoms with Gasteiger partial charge in [-0.25, -0.2) is 13.4 Å². The Balaban J connectivity index is 2.17. The number of aromatic nitrogens is 1. The summed E-state index contributed by atoms with van der Waals surface area (Å²) in [5, 5.41) is 8.65. The maximum absolute atomic E-state index is 12.4. The van der Waals surface area contributed by atoms with Crippen molar-refractivity contribution in [2.45, 2.75) is 17.5 Å². The number of rotatable bonds is 5. The van der Waals surface area contributed by atoms with Gasteiger partial charge in [0, 0.05) is 0 Å². The Morgan fingerprint density at radius 3 is 2.21 bits per heavy atom.